The Morgan fingerprint density at radius 3 is 2.36 bits per heavy atom. The van der Waals surface area contributed by atoms with E-state index >= 15 is 0 Å². The van der Waals surface area contributed by atoms with Crippen LogP contribution in [0.2, 0.25) is 5.02 Å². The minimum absolute atomic E-state index is 0.0360. The summed E-state index contributed by atoms with van der Waals surface area (Å²) in [5.41, 5.74) is 2.03. The van der Waals surface area contributed by atoms with Gasteiger partial charge >= 0.3 is 0 Å². The van der Waals surface area contributed by atoms with Gasteiger partial charge in [0, 0.05) is 36.3 Å². The summed E-state index contributed by atoms with van der Waals surface area (Å²) in [5, 5.41) is 13.8. The highest BCUT2D eigenvalue weighted by atomic mass is 35.5. The molecule has 0 spiro atoms. The normalized spacial score (nSPS) is 13.4. The molecule has 3 aromatic carbocycles. The predicted octanol–water partition coefficient (Wildman–Crippen LogP) is 4.57. The molecule has 1 heterocycles. The van der Waals surface area contributed by atoms with Crippen molar-refractivity contribution >= 4 is 40.4 Å². The lowest BCUT2D eigenvalue weighted by atomic mass is 10.0. The second-order valence-corrected chi connectivity index (χ2v) is 7.81. The lowest BCUT2D eigenvalue weighted by molar-refractivity contribution is -0.384. The number of anilines is 2. The van der Waals surface area contributed by atoms with E-state index in [1.165, 1.54) is 12.1 Å². The molecule has 3 aromatic rings. The summed E-state index contributed by atoms with van der Waals surface area (Å²) in [5.74, 6) is -0.707. The van der Waals surface area contributed by atoms with Gasteiger partial charge in [0.1, 0.15) is 0 Å². The van der Waals surface area contributed by atoms with Crippen molar-refractivity contribution in [1.82, 2.24) is 0 Å². The average Bonchev–Trinajstić information content (AvgIpc) is 2.84. The summed E-state index contributed by atoms with van der Waals surface area (Å²) in [7, 11) is 0. The van der Waals surface area contributed by atoms with E-state index < -0.39 is 10.8 Å². The molecule has 1 saturated heterocycles. The number of carbonyl (C=O) groups excluding carboxylic acids is 2. The Morgan fingerprint density at radius 1 is 0.970 bits per heavy atom. The van der Waals surface area contributed by atoms with Crippen molar-refractivity contribution in [1.29, 1.82) is 0 Å². The molecule has 1 fully saturated rings. The number of hydrogen-bond acceptors (Lipinski definition) is 6. The molecule has 0 bridgehead atoms. The van der Waals surface area contributed by atoms with E-state index in [-0.39, 0.29) is 22.1 Å². The third-order valence-corrected chi connectivity index (χ3v) is 5.62. The summed E-state index contributed by atoms with van der Waals surface area (Å²) in [4.78, 5) is 38.4. The summed E-state index contributed by atoms with van der Waals surface area (Å²) < 4.78 is 5.42. The second-order valence-electron chi connectivity index (χ2n) is 7.40. The Kier molecular flexibility index (Phi) is 6.67. The van der Waals surface area contributed by atoms with Gasteiger partial charge < -0.3 is 15.0 Å². The highest BCUT2D eigenvalue weighted by Gasteiger charge is 2.21. The Labute approximate surface area is 194 Å². The number of morpholine rings is 1. The molecule has 1 aliphatic heterocycles. The van der Waals surface area contributed by atoms with Crippen molar-refractivity contribution in [3.8, 4) is 0 Å². The number of halogens is 1. The van der Waals surface area contributed by atoms with Gasteiger partial charge in [0.2, 0.25) is 0 Å². The van der Waals surface area contributed by atoms with E-state index in [1.807, 2.05) is 6.07 Å². The number of nitrogens with one attached hydrogen (secondary N) is 1. The molecule has 33 heavy (non-hydrogen) atoms. The molecule has 1 amide bonds. The van der Waals surface area contributed by atoms with E-state index in [0.717, 1.165) is 11.8 Å². The first-order valence-electron chi connectivity index (χ1n) is 10.3. The number of rotatable bonds is 6. The molecule has 168 valence electrons. The number of benzene rings is 3. The zero-order valence-electron chi connectivity index (χ0n) is 17.5. The number of hydrogen-bond donors (Lipinski definition) is 1. The highest BCUT2D eigenvalue weighted by molar-refractivity contribution is 6.34. The van der Waals surface area contributed by atoms with Gasteiger partial charge in [-0.05, 0) is 24.3 Å². The molecule has 1 N–H and O–H groups in total. The Bertz CT molecular complexity index is 1210. The molecule has 0 aliphatic carbocycles. The molecule has 0 atom stereocenters. The molecule has 1 aliphatic rings. The zero-order valence-corrected chi connectivity index (χ0v) is 18.2. The summed E-state index contributed by atoms with van der Waals surface area (Å²) >= 11 is 6.14. The quantitative estimate of drug-likeness (QED) is 0.325. The fourth-order valence-corrected chi connectivity index (χ4v) is 3.87. The second kappa shape index (κ2) is 9.81. The van der Waals surface area contributed by atoms with Crippen LogP contribution in [0, 0.1) is 10.1 Å². The number of ether oxygens (including phenoxy) is 1. The Hall–Kier alpha value is -3.75. The van der Waals surface area contributed by atoms with Crippen molar-refractivity contribution < 1.29 is 19.2 Å². The van der Waals surface area contributed by atoms with Crippen LogP contribution in [0.5, 0.6) is 0 Å². The first-order chi connectivity index (χ1) is 15.9. The van der Waals surface area contributed by atoms with Crippen LogP contribution in [0.3, 0.4) is 0 Å². The molecule has 0 unspecified atom stereocenters. The van der Waals surface area contributed by atoms with Crippen molar-refractivity contribution in [2.75, 3.05) is 36.5 Å². The highest BCUT2D eigenvalue weighted by Crippen LogP contribution is 2.31. The molecule has 0 aromatic heterocycles. The van der Waals surface area contributed by atoms with Crippen LogP contribution in [0.1, 0.15) is 26.3 Å². The molecular formula is C24H20ClN3O5. The van der Waals surface area contributed by atoms with Crippen LogP contribution in [-0.2, 0) is 4.74 Å². The van der Waals surface area contributed by atoms with E-state index in [0.29, 0.717) is 43.1 Å². The van der Waals surface area contributed by atoms with Gasteiger partial charge in [0.25, 0.3) is 11.6 Å². The summed E-state index contributed by atoms with van der Waals surface area (Å²) in [6.45, 7) is 2.36. The monoisotopic (exact) mass is 465 g/mol. The van der Waals surface area contributed by atoms with Gasteiger partial charge in [0.15, 0.2) is 5.78 Å². The van der Waals surface area contributed by atoms with Crippen LogP contribution in [0.25, 0.3) is 0 Å². The smallest absolute Gasteiger partial charge is 0.270 e. The largest absolute Gasteiger partial charge is 0.378 e. The molecule has 4 rings (SSSR count). The first-order valence-corrected chi connectivity index (χ1v) is 10.6. The van der Waals surface area contributed by atoms with Crippen molar-refractivity contribution in [3.05, 3.63) is 98.6 Å². The summed E-state index contributed by atoms with van der Waals surface area (Å²) in [6.07, 6.45) is 0. The molecule has 9 heteroatoms. The van der Waals surface area contributed by atoms with Crippen LogP contribution in [0.15, 0.2) is 66.7 Å². The van der Waals surface area contributed by atoms with Gasteiger partial charge in [-0.25, -0.2) is 0 Å². The Balaban J connectivity index is 1.68. The van der Waals surface area contributed by atoms with Gasteiger partial charge in [-0.15, -0.1) is 0 Å². The maximum atomic E-state index is 13.0. The van der Waals surface area contributed by atoms with E-state index in [2.05, 4.69) is 10.2 Å². The fraction of sp³-hybridized carbons (Fsp3) is 0.167. The van der Waals surface area contributed by atoms with Gasteiger partial charge in [0.05, 0.1) is 40.1 Å². The first kappa shape index (κ1) is 22.4. The average molecular weight is 466 g/mol. The lowest BCUT2D eigenvalue weighted by Crippen LogP contribution is -2.36. The number of nitrogens with zero attached hydrogens (tertiary/aromatic N) is 2. The number of non-ortho nitro benzene ring substituents is 1. The molecular weight excluding hydrogens is 446 g/mol. The van der Waals surface area contributed by atoms with Crippen LogP contribution < -0.4 is 10.2 Å². The number of amides is 1. The molecule has 0 saturated carbocycles. The number of carbonyl (C=O) groups is 2. The zero-order chi connectivity index (χ0) is 23.4. The third kappa shape index (κ3) is 5.02. The number of nitro groups is 1. The topological polar surface area (TPSA) is 102 Å². The van der Waals surface area contributed by atoms with Crippen molar-refractivity contribution in [2.24, 2.45) is 0 Å². The fourth-order valence-electron chi connectivity index (χ4n) is 3.60. The number of ketones is 1. The summed E-state index contributed by atoms with van der Waals surface area (Å²) in [6, 6.07) is 17.7. The van der Waals surface area contributed by atoms with E-state index in [9.17, 15) is 19.7 Å². The van der Waals surface area contributed by atoms with Gasteiger partial charge in [-0.3, -0.25) is 19.7 Å². The third-order valence-electron chi connectivity index (χ3n) is 5.30. The lowest BCUT2D eigenvalue weighted by Gasteiger charge is -2.30. The standard InChI is InChI=1S/C24H20ClN3O5/c25-20-15-18(28(31)32)7-8-19(20)24(30)26-21-14-17(23(29)16-4-2-1-3-5-16)6-9-22(21)27-10-12-33-13-11-27/h1-9,14-15H,10-13H2,(H,26,30). The van der Waals surface area contributed by atoms with Crippen molar-refractivity contribution in [3.63, 3.8) is 0 Å². The SMILES string of the molecule is O=C(c1ccccc1)c1ccc(N2CCOCC2)c(NC(=O)c2ccc([N+](=O)[O-])cc2Cl)c1. The molecule has 8 nitrogen and oxygen atoms in total. The maximum absolute atomic E-state index is 13.0. The Morgan fingerprint density at radius 2 is 1.70 bits per heavy atom. The van der Waals surface area contributed by atoms with Gasteiger partial charge in [-0.1, -0.05) is 41.9 Å². The number of nitro benzene ring substituents is 1. The van der Waals surface area contributed by atoms with Crippen molar-refractivity contribution in [2.45, 2.75) is 0 Å². The molecule has 0 radical (unpaired) electrons. The maximum Gasteiger partial charge on any atom is 0.270 e. The minimum atomic E-state index is -0.581. The van der Waals surface area contributed by atoms with Crippen LogP contribution >= 0.6 is 11.6 Å². The van der Waals surface area contributed by atoms with Gasteiger partial charge in [-0.2, -0.15) is 0 Å². The van der Waals surface area contributed by atoms with Crippen LogP contribution in [0.4, 0.5) is 17.1 Å². The van der Waals surface area contributed by atoms with E-state index in [1.54, 1.807) is 42.5 Å². The minimum Gasteiger partial charge on any atom is -0.378 e. The van der Waals surface area contributed by atoms with E-state index in [4.69, 9.17) is 16.3 Å². The van der Waals surface area contributed by atoms with Crippen LogP contribution in [-0.4, -0.2) is 42.9 Å². The predicted molar refractivity (Wildman–Crippen MR) is 125 cm³/mol.